The van der Waals surface area contributed by atoms with Gasteiger partial charge < -0.3 is 10.7 Å². The van der Waals surface area contributed by atoms with Crippen LogP contribution in [0, 0.1) is 0 Å². The molecule has 1 saturated carbocycles. The van der Waals surface area contributed by atoms with Crippen LogP contribution < -0.4 is 11.3 Å². The number of benzene rings is 1. The maximum atomic E-state index is 12.8. The summed E-state index contributed by atoms with van der Waals surface area (Å²) >= 11 is 0. The first-order valence-corrected chi connectivity index (χ1v) is 9.15. The molecule has 4 nitrogen and oxygen atoms in total. The number of primary amides is 1. The Morgan fingerprint density at radius 3 is 2.36 bits per heavy atom. The number of nitrogens with one attached hydrogen (secondary N) is 1. The van der Waals surface area contributed by atoms with Gasteiger partial charge in [0.2, 0.25) is 5.91 Å². The number of rotatable bonds is 7. The van der Waals surface area contributed by atoms with Gasteiger partial charge in [-0.2, -0.15) is 13.2 Å². The van der Waals surface area contributed by atoms with Gasteiger partial charge in [-0.25, -0.2) is 0 Å². The van der Waals surface area contributed by atoms with Gasteiger partial charge in [0.15, 0.2) is 0 Å². The van der Waals surface area contributed by atoms with Crippen molar-refractivity contribution in [1.29, 1.82) is 0 Å². The Labute approximate surface area is 160 Å². The number of amides is 1. The average molecular weight is 390 g/mol. The van der Waals surface area contributed by atoms with Crippen LogP contribution in [0.5, 0.6) is 0 Å². The molecular formula is C21H21F3N2O2. The molecule has 1 aromatic heterocycles. The topological polar surface area (TPSA) is 76.0 Å². The van der Waals surface area contributed by atoms with E-state index in [0.717, 1.165) is 30.5 Å². The van der Waals surface area contributed by atoms with Crippen molar-refractivity contribution < 1.29 is 18.0 Å². The molecule has 3 rings (SSSR count). The van der Waals surface area contributed by atoms with E-state index in [1.165, 1.54) is 12.1 Å². The third kappa shape index (κ3) is 4.91. The van der Waals surface area contributed by atoms with Crippen molar-refractivity contribution in [3.05, 3.63) is 75.2 Å². The van der Waals surface area contributed by atoms with Crippen LogP contribution in [-0.2, 0) is 11.0 Å². The van der Waals surface area contributed by atoms with Crippen LogP contribution in [0.1, 0.15) is 60.4 Å². The molecule has 1 aromatic carbocycles. The molecule has 0 spiro atoms. The lowest BCUT2D eigenvalue weighted by Crippen LogP contribution is -2.13. The number of pyridine rings is 1. The molecule has 0 bridgehead atoms. The number of aromatic amines is 1. The largest absolute Gasteiger partial charge is 0.416 e. The van der Waals surface area contributed by atoms with Gasteiger partial charge in [-0.15, -0.1) is 0 Å². The van der Waals surface area contributed by atoms with Crippen molar-refractivity contribution in [2.75, 3.05) is 0 Å². The fraction of sp³-hybridized carbons (Fsp3) is 0.333. The van der Waals surface area contributed by atoms with Crippen molar-refractivity contribution in [1.82, 2.24) is 4.98 Å². The third-order valence-electron chi connectivity index (χ3n) is 4.75. The number of H-pyrrole nitrogens is 1. The number of carbonyl (C=O) groups is 1. The van der Waals surface area contributed by atoms with Gasteiger partial charge in [0.05, 0.1) is 5.56 Å². The van der Waals surface area contributed by atoms with Gasteiger partial charge in [-0.3, -0.25) is 9.59 Å². The summed E-state index contributed by atoms with van der Waals surface area (Å²) in [4.78, 5) is 26.1. The van der Waals surface area contributed by atoms with Crippen molar-refractivity contribution in [3.8, 4) is 0 Å². The van der Waals surface area contributed by atoms with Crippen LogP contribution in [0.2, 0.25) is 0 Å². The van der Waals surface area contributed by atoms with Crippen molar-refractivity contribution in [2.45, 2.75) is 44.2 Å². The molecule has 0 atom stereocenters. The Bertz CT molecular complexity index is 939. The van der Waals surface area contributed by atoms with E-state index in [-0.39, 0.29) is 12.0 Å². The van der Waals surface area contributed by atoms with Crippen molar-refractivity contribution in [3.63, 3.8) is 0 Å². The standard InChI is InChI=1S/C21H21F3N2O2/c22-21(23,24)15-9-7-13(8-10-15)16(3-1-2-4-19(25)27)18-12-11-17(14-5-6-14)20(28)26-18/h3,7-12,14H,1-2,4-6H2,(H2,25,27)(H,26,28)/b16-3+. The lowest BCUT2D eigenvalue weighted by atomic mass is 9.98. The second kappa shape index (κ2) is 8.04. The number of hydrogen-bond acceptors (Lipinski definition) is 2. The summed E-state index contributed by atoms with van der Waals surface area (Å²) in [6.45, 7) is 0. The number of nitrogens with two attached hydrogens (primary N) is 1. The highest BCUT2D eigenvalue weighted by Crippen LogP contribution is 2.38. The summed E-state index contributed by atoms with van der Waals surface area (Å²) in [7, 11) is 0. The van der Waals surface area contributed by atoms with E-state index in [0.29, 0.717) is 35.6 Å². The number of carbonyl (C=O) groups excluding carboxylic acids is 1. The molecule has 2 aromatic rings. The molecule has 0 radical (unpaired) electrons. The van der Waals surface area contributed by atoms with Crippen LogP contribution in [0.3, 0.4) is 0 Å². The second-order valence-electron chi connectivity index (χ2n) is 6.98. The molecule has 3 N–H and O–H groups in total. The minimum absolute atomic E-state index is 0.171. The summed E-state index contributed by atoms with van der Waals surface area (Å²) in [5.41, 5.74) is 6.70. The lowest BCUT2D eigenvalue weighted by Gasteiger charge is -2.12. The summed E-state index contributed by atoms with van der Waals surface area (Å²) in [6.07, 6.45) is 0.634. The average Bonchev–Trinajstić information content (AvgIpc) is 3.46. The first kappa shape index (κ1) is 19.9. The van der Waals surface area contributed by atoms with Crippen molar-refractivity contribution >= 4 is 11.5 Å². The van der Waals surface area contributed by atoms with E-state index in [1.54, 1.807) is 12.1 Å². The van der Waals surface area contributed by atoms with Crippen LogP contribution in [-0.4, -0.2) is 10.9 Å². The number of hydrogen-bond donors (Lipinski definition) is 2. The number of allylic oxidation sites excluding steroid dienone is 1. The number of unbranched alkanes of at least 4 members (excludes halogenated alkanes) is 1. The summed E-state index contributed by atoms with van der Waals surface area (Å²) < 4.78 is 38.5. The maximum absolute atomic E-state index is 12.8. The van der Waals surface area contributed by atoms with Crippen LogP contribution in [0.15, 0.2) is 47.3 Å². The molecule has 1 aliphatic rings. The first-order chi connectivity index (χ1) is 13.3. The molecule has 0 aliphatic heterocycles. The minimum atomic E-state index is -4.41. The van der Waals surface area contributed by atoms with Gasteiger partial charge in [0.1, 0.15) is 0 Å². The third-order valence-corrected chi connectivity index (χ3v) is 4.75. The Morgan fingerprint density at radius 2 is 1.82 bits per heavy atom. The molecule has 1 heterocycles. The predicted octanol–water partition coefficient (Wildman–Crippen LogP) is 4.36. The Balaban J connectivity index is 1.93. The Morgan fingerprint density at radius 1 is 1.14 bits per heavy atom. The molecular weight excluding hydrogens is 369 g/mol. The maximum Gasteiger partial charge on any atom is 0.416 e. The monoisotopic (exact) mass is 390 g/mol. The van der Waals surface area contributed by atoms with Gasteiger partial charge in [0, 0.05) is 23.3 Å². The van der Waals surface area contributed by atoms with Gasteiger partial charge in [-0.1, -0.05) is 24.3 Å². The summed E-state index contributed by atoms with van der Waals surface area (Å²) in [5, 5.41) is 0. The molecule has 1 aliphatic carbocycles. The zero-order valence-electron chi connectivity index (χ0n) is 15.2. The highest BCUT2D eigenvalue weighted by Gasteiger charge is 2.30. The molecule has 0 unspecified atom stereocenters. The Hall–Kier alpha value is -2.83. The van der Waals surface area contributed by atoms with Crippen LogP contribution in [0.4, 0.5) is 13.2 Å². The SMILES string of the molecule is NC(=O)CCC/C=C(\c1ccc(C(F)(F)F)cc1)c1ccc(C2CC2)c(=O)[nH]1. The van der Waals surface area contributed by atoms with E-state index in [4.69, 9.17) is 5.73 Å². The normalized spacial score (nSPS) is 14.9. The van der Waals surface area contributed by atoms with E-state index in [9.17, 15) is 22.8 Å². The number of aromatic nitrogens is 1. The highest BCUT2D eigenvalue weighted by atomic mass is 19.4. The Kier molecular flexibility index (Phi) is 5.72. The predicted molar refractivity (Wildman–Crippen MR) is 101 cm³/mol. The molecule has 1 amide bonds. The quantitative estimate of drug-likeness (QED) is 0.690. The molecule has 1 fully saturated rings. The van der Waals surface area contributed by atoms with Gasteiger partial charge in [-0.05, 0) is 55.4 Å². The van der Waals surface area contributed by atoms with E-state index < -0.39 is 17.6 Å². The van der Waals surface area contributed by atoms with Gasteiger partial charge >= 0.3 is 6.18 Å². The van der Waals surface area contributed by atoms with Gasteiger partial charge in [0.25, 0.3) is 5.56 Å². The molecule has 7 heteroatoms. The lowest BCUT2D eigenvalue weighted by molar-refractivity contribution is -0.137. The zero-order chi connectivity index (χ0) is 20.3. The molecule has 148 valence electrons. The molecule has 28 heavy (non-hydrogen) atoms. The second-order valence-corrected chi connectivity index (χ2v) is 6.98. The fourth-order valence-corrected chi connectivity index (χ4v) is 3.10. The number of halogens is 3. The fourth-order valence-electron chi connectivity index (χ4n) is 3.10. The number of alkyl halides is 3. The van der Waals surface area contributed by atoms with Crippen LogP contribution in [0.25, 0.3) is 5.57 Å². The van der Waals surface area contributed by atoms with Crippen molar-refractivity contribution in [2.24, 2.45) is 5.73 Å². The molecule has 0 saturated heterocycles. The van der Waals surface area contributed by atoms with Crippen LogP contribution >= 0.6 is 0 Å². The first-order valence-electron chi connectivity index (χ1n) is 9.15. The van der Waals surface area contributed by atoms with E-state index in [2.05, 4.69) is 4.98 Å². The smallest absolute Gasteiger partial charge is 0.370 e. The minimum Gasteiger partial charge on any atom is -0.370 e. The highest BCUT2D eigenvalue weighted by molar-refractivity contribution is 5.78. The van der Waals surface area contributed by atoms with E-state index >= 15 is 0 Å². The zero-order valence-corrected chi connectivity index (χ0v) is 15.2. The van der Waals surface area contributed by atoms with E-state index in [1.807, 2.05) is 6.08 Å². The summed E-state index contributed by atoms with van der Waals surface area (Å²) in [5.74, 6) is -0.112. The summed E-state index contributed by atoms with van der Waals surface area (Å²) in [6, 6.07) is 8.37.